The highest BCUT2D eigenvalue weighted by Crippen LogP contribution is 2.34. The zero-order valence-corrected chi connectivity index (χ0v) is 16.0. The van der Waals surface area contributed by atoms with E-state index in [1.54, 1.807) is 25.1 Å². The molecular weight excluding hydrogens is 397 g/mol. The lowest BCUT2D eigenvalue weighted by Gasteiger charge is -2.20. The zero-order valence-electron chi connectivity index (χ0n) is 14.4. The summed E-state index contributed by atoms with van der Waals surface area (Å²) in [6, 6.07) is 4.43. The van der Waals surface area contributed by atoms with Crippen molar-refractivity contribution in [2.24, 2.45) is 11.8 Å². The van der Waals surface area contributed by atoms with Gasteiger partial charge in [0.25, 0.3) is 0 Å². The van der Waals surface area contributed by atoms with Gasteiger partial charge in [0.2, 0.25) is 5.91 Å². The Bertz CT molecular complexity index is 599. The first kappa shape index (κ1) is 24.9. The molecule has 150 valence electrons. The van der Waals surface area contributed by atoms with Crippen LogP contribution in [0.3, 0.4) is 0 Å². The van der Waals surface area contributed by atoms with E-state index in [1.165, 1.54) is 12.1 Å². The Hall–Kier alpha value is -1.09. The number of benzene rings is 1. The van der Waals surface area contributed by atoms with E-state index >= 15 is 0 Å². The maximum Gasteiger partial charge on any atom is 0.393 e. The fraction of sp³-hybridized carbons (Fsp3) is 0.562. The molecule has 10 heteroatoms. The van der Waals surface area contributed by atoms with Crippen molar-refractivity contribution >= 4 is 30.7 Å². The molecule has 26 heavy (non-hydrogen) atoms. The van der Waals surface area contributed by atoms with E-state index in [1.807, 2.05) is 0 Å². The van der Waals surface area contributed by atoms with Crippen molar-refractivity contribution in [3.63, 3.8) is 0 Å². The monoisotopic (exact) mass is 419 g/mol. The molecule has 4 nitrogen and oxygen atoms in total. The van der Waals surface area contributed by atoms with Crippen LogP contribution in [0.4, 0.5) is 17.6 Å². The van der Waals surface area contributed by atoms with Gasteiger partial charge in [-0.15, -0.1) is 24.8 Å². The second-order valence-electron chi connectivity index (χ2n) is 6.29. The number of amides is 1. The van der Waals surface area contributed by atoms with Gasteiger partial charge in [0, 0.05) is 31.7 Å². The third-order valence-corrected chi connectivity index (χ3v) is 4.03. The molecule has 1 aromatic carbocycles. The second kappa shape index (κ2) is 10.3. The highest BCUT2D eigenvalue weighted by molar-refractivity contribution is 5.85. The first-order valence-electron chi connectivity index (χ1n) is 7.65. The quantitative estimate of drug-likeness (QED) is 0.721. The molecular formula is C16H23Cl2F4N3O. The van der Waals surface area contributed by atoms with E-state index in [-0.39, 0.29) is 50.3 Å². The first-order valence-corrected chi connectivity index (χ1v) is 7.65. The molecule has 2 rings (SSSR count). The molecule has 1 saturated heterocycles. The second-order valence-corrected chi connectivity index (χ2v) is 6.29. The van der Waals surface area contributed by atoms with Crippen molar-refractivity contribution in [1.29, 1.82) is 0 Å². The van der Waals surface area contributed by atoms with Gasteiger partial charge < -0.3 is 15.5 Å². The molecule has 0 unspecified atom stereocenters. The van der Waals surface area contributed by atoms with E-state index < -0.39 is 23.9 Å². The maximum atomic E-state index is 13.7. The number of alkyl halides is 3. The number of rotatable bonds is 5. The molecule has 1 heterocycles. The number of carbonyl (C=O) groups is 1. The molecule has 0 spiro atoms. The SMILES string of the molecule is CN(C)Cc1cc(CNC(=O)[C@@H]2CNC[C@H]2C(F)(F)F)ccc1F.Cl.Cl. The number of hydrogen-bond acceptors (Lipinski definition) is 3. The number of carbonyl (C=O) groups excluding carboxylic acids is 1. The molecule has 2 atom stereocenters. The lowest BCUT2D eigenvalue weighted by Crippen LogP contribution is -2.39. The Kier molecular flexibility index (Phi) is 9.87. The summed E-state index contributed by atoms with van der Waals surface area (Å²) in [4.78, 5) is 13.9. The lowest BCUT2D eigenvalue weighted by molar-refractivity contribution is -0.182. The Morgan fingerprint density at radius 3 is 2.50 bits per heavy atom. The molecule has 1 amide bonds. The van der Waals surface area contributed by atoms with Gasteiger partial charge in [0.05, 0.1) is 11.8 Å². The van der Waals surface area contributed by atoms with Gasteiger partial charge in [0.1, 0.15) is 5.82 Å². The topological polar surface area (TPSA) is 44.4 Å². The maximum absolute atomic E-state index is 13.7. The number of halogens is 6. The highest BCUT2D eigenvalue weighted by atomic mass is 35.5. The molecule has 0 aromatic heterocycles. The van der Waals surface area contributed by atoms with Crippen LogP contribution in [-0.4, -0.2) is 44.2 Å². The van der Waals surface area contributed by atoms with Crippen molar-refractivity contribution in [2.75, 3.05) is 27.2 Å². The summed E-state index contributed by atoms with van der Waals surface area (Å²) in [6.45, 7) is 0.230. The van der Waals surface area contributed by atoms with Crippen molar-refractivity contribution < 1.29 is 22.4 Å². The molecule has 0 radical (unpaired) electrons. The van der Waals surface area contributed by atoms with Crippen LogP contribution in [0.15, 0.2) is 18.2 Å². The van der Waals surface area contributed by atoms with Gasteiger partial charge in [0.15, 0.2) is 0 Å². The number of hydrogen-bond donors (Lipinski definition) is 2. The number of nitrogens with one attached hydrogen (secondary N) is 2. The zero-order chi connectivity index (χ0) is 17.9. The Balaban J connectivity index is 0.00000312. The van der Waals surface area contributed by atoms with E-state index in [4.69, 9.17) is 0 Å². The summed E-state index contributed by atoms with van der Waals surface area (Å²) in [5, 5.41) is 5.14. The van der Waals surface area contributed by atoms with Gasteiger partial charge in [-0.25, -0.2) is 4.39 Å². The van der Waals surface area contributed by atoms with Crippen molar-refractivity contribution in [2.45, 2.75) is 19.3 Å². The third kappa shape index (κ3) is 6.57. The van der Waals surface area contributed by atoms with E-state index in [9.17, 15) is 22.4 Å². The van der Waals surface area contributed by atoms with Gasteiger partial charge >= 0.3 is 6.18 Å². The molecule has 1 aliphatic rings. The molecule has 1 aliphatic heterocycles. The minimum atomic E-state index is -4.40. The summed E-state index contributed by atoms with van der Waals surface area (Å²) < 4.78 is 52.4. The van der Waals surface area contributed by atoms with Crippen LogP contribution in [0.2, 0.25) is 0 Å². The summed E-state index contributed by atoms with van der Waals surface area (Å²) in [5.41, 5.74) is 1.12. The minimum absolute atomic E-state index is 0. The fourth-order valence-corrected chi connectivity index (χ4v) is 2.82. The highest BCUT2D eigenvalue weighted by Gasteiger charge is 2.49. The van der Waals surface area contributed by atoms with Crippen LogP contribution < -0.4 is 10.6 Å². The lowest BCUT2D eigenvalue weighted by atomic mass is 9.94. The molecule has 2 N–H and O–H groups in total. The fourth-order valence-electron chi connectivity index (χ4n) is 2.82. The third-order valence-electron chi connectivity index (χ3n) is 4.03. The smallest absolute Gasteiger partial charge is 0.352 e. The van der Waals surface area contributed by atoms with Gasteiger partial charge in [-0.05, 0) is 31.8 Å². The van der Waals surface area contributed by atoms with Gasteiger partial charge in [-0.2, -0.15) is 13.2 Å². The minimum Gasteiger partial charge on any atom is -0.352 e. The Morgan fingerprint density at radius 1 is 1.27 bits per heavy atom. The first-order chi connectivity index (χ1) is 11.2. The van der Waals surface area contributed by atoms with Crippen LogP contribution in [0.25, 0.3) is 0 Å². The molecule has 1 aromatic rings. The summed E-state index contributed by atoms with van der Waals surface area (Å²) in [6.07, 6.45) is -4.40. The largest absolute Gasteiger partial charge is 0.393 e. The van der Waals surface area contributed by atoms with Crippen LogP contribution in [-0.2, 0) is 17.9 Å². The summed E-state index contributed by atoms with van der Waals surface area (Å²) in [5.74, 6) is -3.79. The van der Waals surface area contributed by atoms with Gasteiger partial charge in [-0.3, -0.25) is 4.79 Å². The van der Waals surface area contributed by atoms with E-state index in [0.717, 1.165) is 0 Å². The van der Waals surface area contributed by atoms with Crippen molar-refractivity contribution in [3.05, 3.63) is 35.1 Å². The predicted molar refractivity (Wildman–Crippen MR) is 96.0 cm³/mol. The predicted octanol–water partition coefficient (Wildman–Crippen LogP) is 2.75. The van der Waals surface area contributed by atoms with Crippen molar-refractivity contribution in [3.8, 4) is 0 Å². The van der Waals surface area contributed by atoms with Crippen LogP contribution in [0.1, 0.15) is 11.1 Å². The van der Waals surface area contributed by atoms with Crippen molar-refractivity contribution in [1.82, 2.24) is 15.5 Å². The number of nitrogens with zero attached hydrogens (tertiary/aromatic N) is 1. The Labute approximate surface area is 162 Å². The average Bonchev–Trinajstić information content (AvgIpc) is 2.97. The molecule has 0 aliphatic carbocycles. The molecule has 0 saturated carbocycles. The molecule has 0 bridgehead atoms. The van der Waals surface area contributed by atoms with Crippen LogP contribution in [0, 0.1) is 17.7 Å². The normalized spacial score (nSPS) is 19.7. The summed E-state index contributed by atoms with van der Waals surface area (Å²) in [7, 11) is 3.61. The standard InChI is InChI=1S/C16H21F4N3O.2ClH/c1-23(2)9-11-5-10(3-4-14(11)17)6-22-15(24)12-7-21-8-13(12)16(18,19)20;;/h3-5,12-13,21H,6-9H2,1-2H3,(H,22,24);2*1H/t12-,13-;;/m1../s1. The van der Waals surface area contributed by atoms with E-state index in [2.05, 4.69) is 10.6 Å². The van der Waals surface area contributed by atoms with Gasteiger partial charge in [-0.1, -0.05) is 6.07 Å². The van der Waals surface area contributed by atoms with Crippen LogP contribution >= 0.6 is 24.8 Å². The average molecular weight is 420 g/mol. The van der Waals surface area contributed by atoms with E-state index in [0.29, 0.717) is 17.7 Å². The molecule has 1 fully saturated rings. The Morgan fingerprint density at radius 2 is 1.92 bits per heavy atom. The van der Waals surface area contributed by atoms with Crippen LogP contribution in [0.5, 0.6) is 0 Å². The summed E-state index contributed by atoms with van der Waals surface area (Å²) >= 11 is 0.